The molecule has 0 aliphatic carbocycles. The Kier molecular flexibility index (Phi) is 4.84. The lowest BCUT2D eigenvalue weighted by Gasteiger charge is -2.42. The molecular weight excluding hydrogens is 294 g/mol. The molecule has 2 aliphatic heterocycles. The van der Waals surface area contributed by atoms with E-state index in [1.165, 1.54) is 5.56 Å². The van der Waals surface area contributed by atoms with Crippen LogP contribution in [-0.4, -0.2) is 12.1 Å². The van der Waals surface area contributed by atoms with Crippen LogP contribution in [0, 0.1) is 34.5 Å². The van der Waals surface area contributed by atoms with Crippen molar-refractivity contribution < 1.29 is 0 Å². The van der Waals surface area contributed by atoms with E-state index in [2.05, 4.69) is 43.1 Å². The first kappa shape index (κ1) is 16.5. The van der Waals surface area contributed by atoms with Crippen LogP contribution in [0.25, 0.3) is 0 Å². The van der Waals surface area contributed by atoms with E-state index in [0.29, 0.717) is 17.7 Å². The SMILES string of the molecule is C=C[C@@H](c1ccccc1)[C@H]1C(=C(C#N)C#N)[C@@H](CC)[C@@H]2CC[C@H]1N2. The van der Waals surface area contributed by atoms with Gasteiger partial charge in [0.25, 0.3) is 0 Å². The summed E-state index contributed by atoms with van der Waals surface area (Å²) in [5.41, 5.74) is 2.57. The van der Waals surface area contributed by atoms with Crippen molar-refractivity contribution in [2.24, 2.45) is 11.8 Å². The summed E-state index contributed by atoms with van der Waals surface area (Å²) >= 11 is 0. The van der Waals surface area contributed by atoms with Gasteiger partial charge in [-0.25, -0.2) is 0 Å². The van der Waals surface area contributed by atoms with Crippen molar-refractivity contribution in [1.29, 1.82) is 10.5 Å². The minimum absolute atomic E-state index is 0.114. The molecule has 2 heterocycles. The number of hydrogen-bond acceptors (Lipinski definition) is 3. The number of benzene rings is 1. The van der Waals surface area contributed by atoms with Crippen LogP contribution in [0.2, 0.25) is 0 Å². The predicted molar refractivity (Wildman–Crippen MR) is 94.8 cm³/mol. The molecule has 0 aromatic heterocycles. The summed E-state index contributed by atoms with van der Waals surface area (Å²) in [6.45, 7) is 6.23. The summed E-state index contributed by atoms with van der Waals surface area (Å²) in [7, 11) is 0. The monoisotopic (exact) mass is 317 g/mol. The molecule has 1 N–H and O–H groups in total. The highest BCUT2D eigenvalue weighted by Gasteiger charge is 2.47. The van der Waals surface area contributed by atoms with Gasteiger partial charge in [-0.3, -0.25) is 0 Å². The van der Waals surface area contributed by atoms with Gasteiger partial charge in [0.05, 0.1) is 0 Å². The smallest absolute Gasteiger partial charge is 0.129 e. The van der Waals surface area contributed by atoms with Gasteiger partial charge < -0.3 is 5.32 Å². The standard InChI is InChI=1S/C21H23N3/c1-3-16(14-8-6-5-7-9-14)21-19-11-10-18(24-19)17(4-2)20(21)15(12-22)13-23/h3,5-9,16-19,21,24H,1,4,10-11H2,2H3/t16-,17-,18-,19+,21+/m0/s1. The molecule has 1 aromatic carbocycles. The van der Waals surface area contributed by atoms with Gasteiger partial charge in [0.1, 0.15) is 17.7 Å². The Balaban J connectivity index is 2.15. The van der Waals surface area contributed by atoms with Gasteiger partial charge in [0.2, 0.25) is 0 Å². The second-order valence-corrected chi connectivity index (χ2v) is 6.72. The van der Waals surface area contributed by atoms with Crippen molar-refractivity contribution in [3.05, 3.63) is 59.7 Å². The lowest BCUT2D eigenvalue weighted by atomic mass is 9.68. The Hall–Kier alpha value is -2.36. The number of nitrogens with zero attached hydrogens (tertiary/aromatic N) is 2. The lowest BCUT2D eigenvalue weighted by Crippen LogP contribution is -2.49. The second-order valence-electron chi connectivity index (χ2n) is 6.72. The zero-order valence-corrected chi connectivity index (χ0v) is 14.1. The molecule has 2 aliphatic rings. The molecule has 3 heteroatoms. The van der Waals surface area contributed by atoms with Crippen LogP contribution in [-0.2, 0) is 0 Å². The largest absolute Gasteiger partial charge is 0.310 e. The van der Waals surface area contributed by atoms with E-state index in [4.69, 9.17) is 0 Å². The van der Waals surface area contributed by atoms with Gasteiger partial charge in [-0.15, -0.1) is 6.58 Å². The molecule has 5 atom stereocenters. The molecule has 122 valence electrons. The van der Waals surface area contributed by atoms with E-state index in [9.17, 15) is 10.5 Å². The fraction of sp³-hybridized carbons (Fsp3) is 0.429. The maximum absolute atomic E-state index is 9.55. The Labute approximate surface area is 144 Å². The van der Waals surface area contributed by atoms with Gasteiger partial charge in [-0.1, -0.05) is 43.3 Å². The van der Waals surface area contributed by atoms with E-state index >= 15 is 0 Å². The summed E-state index contributed by atoms with van der Waals surface area (Å²) < 4.78 is 0. The first-order chi connectivity index (χ1) is 11.7. The van der Waals surface area contributed by atoms with Crippen LogP contribution in [0.15, 0.2) is 54.1 Å². The molecule has 2 bridgehead atoms. The van der Waals surface area contributed by atoms with E-state index in [1.807, 2.05) is 24.3 Å². The summed E-state index contributed by atoms with van der Waals surface area (Å²) in [6.07, 6.45) is 5.14. The molecule has 3 nitrogen and oxygen atoms in total. The third-order valence-corrected chi connectivity index (χ3v) is 5.67. The highest BCUT2D eigenvalue weighted by Crippen LogP contribution is 2.48. The molecule has 0 spiro atoms. The number of nitrogens with one attached hydrogen (secondary N) is 1. The minimum atomic E-state index is 0.114. The Morgan fingerprint density at radius 2 is 1.92 bits per heavy atom. The van der Waals surface area contributed by atoms with Crippen molar-refractivity contribution in [2.75, 3.05) is 0 Å². The van der Waals surface area contributed by atoms with Crippen LogP contribution in [0.3, 0.4) is 0 Å². The Morgan fingerprint density at radius 3 is 2.50 bits per heavy atom. The van der Waals surface area contributed by atoms with Crippen LogP contribution in [0.4, 0.5) is 0 Å². The van der Waals surface area contributed by atoms with Crippen molar-refractivity contribution in [3.63, 3.8) is 0 Å². The topological polar surface area (TPSA) is 59.6 Å². The van der Waals surface area contributed by atoms with Crippen molar-refractivity contribution in [1.82, 2.24) is 5.32 Å². The fourth-order valence-corrected chi connectivity index (χ4v) is 4.70. The van der Waals surface area contributed by atoms with Gasteiger partial charge in [-0.05, 0) is 36.3 Å². The van der Waals surface area contributed by atoms with Gasteiger partial charge in [0.15, 0.2) is 0 Å². The molecule has 0 radical (unpaired) electrons. The van der Waals surface area contributed by atoms with Crippen molar-refractivity contribution >= 4 is 0 Å². The first-order valence-electron chi connectivity index (χ1n) is 8.72. The normalized spacial score (nSPS) is 29.4. The summed E-state index contributed by atoms with van der Waals surface area (Å²) in [5, 5.41) is 22.9. The predicted octanol–water partition coefficient (Wildman–Crippen LogP) is 4.08. The van der Waals surface area contributed by atoms with E-state index in [1.54, 1.807) is 0 Å². The van der Waals surface area contributed by atoms with Crippen molar-refractivity contribution in [3.8, 4) is 12.1 Å². The van der Waals surface area contributed by atoms with Gasteiger partial charge in [-0.2, -0.15) is 10.5 Å². The van der Waals surface area contributed by atoms with Gasteiger partial charge in [0, 0.05) is 23.9 Å². The zero-order valence-electron chi connectivity index (χ0n) is 14.1. The molecule has 1 aromatic rings. The molecule has 3 rings (SSSR count). The zero-order chi connectivity index (χ0) is 17.1. The average molecular weight is 317 g/mol. The number of hydrogen-bond donors (Lipinski definition) is 1. The first-order valence-corrected chi connectivity index (χ1v) is 8.72. The molecule has 24 heavy (non-hydrogen) atoms. The summed E-state index contributed by atoms with van der Waals surface area (Å²) in [4.78, 5) is 0. The Bertz CT molecular complexity index is 704. The molecule has 2 saturated heterocycles. The van der Waals surface area contributed by atoms with Crippen LogP contribution in [0.1, 0.15) is 37.7 Å². The third kappa shape index (κ3) is 2.66. The highest BCUT2D eigenvalue weighted by molar-refractivity contribution is 5.46. The van der Waals surface area contributed by atoms with E-state index in [0.717, 1.165) is 24.8 Å². The third-order valence-electron chi connectivity index (χ3n) is 5.67. The summed E-state index contributed by atoms with van der Waals surface area (Å²) in [6, 6.07) is 15.4. The van der Waals surface area contributed by atoms with E-state index < -0.39 is 0 Å². The summed E-state index contributed by atoms with van der Waals surface area (Å²) in [5.74, 6) is 0.501. The average Bonchev–Trinajstić information content (AvgIpc) is 3.05. The second kappa shape index (κ2) is 7.04. The van der Waals surface area contributed by atoms with Crippen LogP contribution in [0.5, 0.6) is 0 Å². The van der Waals surface area contributed by atoms with Gasteiger partial charge >= 0.3 is 0 Å². The number of nitriles is 2. The molecule has 0 amide bonds. The minimum Gasteiger partial charge on any atom is -0.310 e. The van der Waals surface area contributed by atoms with Crippen LogP contribution >= 0.6 is 0 Å². The molecule has 2 fully saturated rings. The molecule has 0 saturated carbocycles. The number of rotatable bonds is 4. The molecular formula is C21H23N3. The lowest BCUT2D eigenvalue weighted by molar-refractivity contribution is 0.275. The number of fused-ring (bicyclic) bond motifs is 2. The van der Waals surface area contributed by atoms with Crippen molar-refractivity contribution in [2.45, 2.75) is 44.2 Å². The van der Waals surface area contributed by atoms with Crippen LogP contribution < -0.4 is 5.32 Å². The maximum Gasteiger partial charge on any atom is 0.129 e. The van der Waals surface area contributed by atoms with E-state index in [-0.39, 0.29) is 17.8 Å². The maximum atomic E-state index is 9.55. The number of allylic oxidation sites excluding steroid dienone is 2. The Morgan fingerprint density at radius 1 is 1.25 bits per heavy atom. The number of piperidine rings is 1. The molecule has 0 unspecified atom stereocenters. The highest BCUT2D eigenvalue weighted by atomic mass is 15.0. The quantitative estimate of drug-likeness (QED) is 0.672. The fourth-order valence-electron chi connectivity index (χ4n) is 4.70.